The molecule has 2 aromatic heterocycles. The number of piperazine rings is 1. The molecule has 3 aromatic rings. The van der Waals surface area contributed by atoms with E-state index in [-0.39, 0.29) is 5.69 Å². The van der Waals surface area contributed by atoms with Gasteiger partial charge in [0.15, 0.2) is 5.82 Å². The number of fused-ring (bicyclic) bond motifs is 1. The predicted octanol–water partition coefficient (Wildman–Crippen LogP) is 1.97. The van der Waals surface area contributed by atoms with E-state index in [9.17, 15) is 15.4 Å². The van der Waals surface area contributed by atoms with E-state index in [1.807, 2.05) is 14.0 Å². The van der Waals surface area contributed by atoms with Gasteiger partial charge in [0.1, 0.15) is 5.82 Å². The van der Waals surface area contributed by atoms with Crippen molar-refractivity contribution in [2.45, 2.75) is 6.92 Å². The van der Waals surface area contributed by atoms with Crippen LogP contribution in [-0.4, -0.2) is 45.9 Å². The number of nitro benzene ring substituents is 1. The molecule has 2 N–H and O–H groups in total. The van der Waals surface area contributed by atoms with Crippen molar-refractivity contribution in [1.82, 2.24) is 14.8 Å². The number of nitro groups is 1. The molecule has 0 saturated carbocycles. The van der Waals surface area contributed by atoms with E-state index < -0.39 is 4.92 Å². The predicted molar refractivity (Wildman–Crippen MR) is 110 cm³/mol. The fourth-order valence-electron chi connectivity index (χ4n) is 3.75. The number of nitriles is 1. The molecule has 10 nitrogen and oxygen atoms in total. The highest BCUT2D eigenvalue weighted by Crippen LogP contribution is 2.29. The summed E-state index contributed by atoms with van der Waals surface area (Å²) in [7, 11) is 1.88. The van der Waals surface area contributed by atoms with Crippen molar-refractivity contribution >= 4 is 33.9 Å². The monoisotopic (exact) mass is 392 g/mol. The quantitative estimate of drug-likeness (QED) is 0.529. The Labute approximate surface area is 166 Å². The average molecular weight is 392 g/mol. The summed E-state index contributed by atoms with van der Waals surface area (Å²) >= 11 is 0. The van der Waals surface area contributed by atoms with Gasteiger partial charge in [0.25, 0.3) is 5.69 Å². The van der Waals surface area contributed by atoms with E-state index >= 15 is 0 Å². The van der Waals surface area contributed by atoms with Gasteiger partial charge in [-0.25, -0.2) is 4.98 Å². The molecule has 1 aliphatic heterocycles. The number of non-ortho nitro benzene ring substituents is 1. The SMILES string of the molecule is Cc1nn(C)c(N2CCN(c3cc(C#N)c4cc([N+](=O)[O-])ccc4n3)CC2)c1N. The maximum atomic E-state index is 11.0. The van der Waals surface area contributed by atoms with Crippen LogP contribution in [0.15, 0.2) is 24.3 Å². The molecule has 0 unspecified atom stereocenters. The molecule has 1 saturated heterocycles. The molecule has 10 heteroatoms. The maximum Gasteiger partial charge on any atom is 0.270 e. The smallest absolute Gasteiger partial charge is 0.270 e. The highest BCUT2D eigenvalue weighted by molar-refractivity contribution is 5.88. The van der Waals surface area contributed by atoms with Gasteiger partial charge in [0, 0.05) is 50.7 Å². The Hall–Kier alpha value is -3.87. The van der Waals surface area contributed by atoms with Crippen LogP contribution < -0.4 is 15.5 Å². The van der Waals surface area contributed by atoms with E-state index in [0.717, 1.165) is 24.6 Å². The summed E-state index contributed by atoms with van der Waals surface area (Å²) in [6, 6.07) is 8.24. The Morgan fingerprint density at radius 3 is 2.48 bits per heavy atom. The zero-order valence-corrected chi connectivity index (χ0v) is 16.2. The zero-order valence-electron chi connectivity index (χ0n) is 16.2. The molecule has 29 heavy (non-hydrogen) atoms. The van der Waals surface area contributed by atoms with Gasteiger partial charge in [0.05, 0.1) is 33.5 Å². The molecule has 0 aliphatic carbocycles. The summed E-state index contributed by atoms with van der Waals surface area (Å²) in [6.07, 6.45) is 0. The summed E-state index contributed by atoms with van der Waals surface area (Å²) in [4.78, 5) is 19.5. The van der Waals surface area contributed by atoms with Gasteiger partial charge < -0.3 is 15.5 Å². The first-order valence-electron chi connectivity index (χ1n) is 9.17. The van der Waals surface area contributed by atoms with Crippen LogP contribution in [0.3, 0.4) is 0 Å². The molecule has 4 rings (SSSR count). The van der Waals surface area contributed by atoms with Gasteiger partial charge >= 0.3 is 0 Å². The summed E-state index contributed by atoms with van der Waals surface area (Å²) < 4.78 is 1.80. The normalized spacial score (nSPS) is 14.2. The van der Waals surface area contributed by atoms with Crippen molar-refractivity contribution < 1.29 is 4.92 Å². The molecular weight excluding hydrogens is 372 g/mol. The van der Waals surface area contributed by atoms with Crippen LogP contribution in [0.2, 0.25) is 0 Å². The summed E-state index contributed by atoms with van der Waals surface area (Å²) in [5.41, 5.74) is 8.58. The highest BCUT2D eigenvalue weighted by Gasteiger charge is 2.24. The van der Waals surface area contributed by atoms with Crippen LogP contribution in [0.25, 0.3) is 10.9 Å². The van der Waals surface area contributed by atoms with Crippen LogP contribution in [0, 0.1) is 28.4 Å². The number of aromatic nitrogens is 3. The summed E-state index contributed by atoms with van der Waals surface area (Å²) in [5.74, 6) is 1.61. The fraction of sp³-hybridized carbons (Fsp3) is 0.316. The number of nitrogens with zero attached hydrogens (tertiary/aromatic N) is 7. The topological polar surface area (TPSA) is 130 Å². The van der Waals surface area contributed by atoms with Gasteiger partial charge in [-0.1, -0.05) is 0 Å². The number of aryl methyl sites for hydroxylation is 2. The summed E-state index contributed by atoms with van der Waals surface area (Å²) in [6.45, 7) is 4.79. The molecule has 1 fully saturated rings. The molecule has 0 amide bonds. The standard InChI is InChI=1S/C19H20N8O2/c1-12-18(21)19(24(2)23-12)26-7-5-25(6-8-26)17-9-13(11-20)15-10-14(27(28)29)3-4-16(15)22-17/h3-4,9-10H,5-8,21H2,1-2H3. The minimum absolute atomic E-state index is 0.0544. The first-order valence-corrected chi connectivity index (χ1v) is 9.17. The molecule has 0 bridgehead atoms. The van der Waals surface area contributed by atoms with Crippen molar-refractivity contribution in [3.05, 3.63) is 45.6 Å². The first kappa shape index (κ1) is 18.5. The Morgan fingerprint density at radius 1 is 1.21 bits per heavy atom. The zero-order chi connectivity index (χ0) is 20.7. The van der Waals surface area contributed by atoms with Gasteiger partial charge in [0.2, 0.25) is 0 Å². The van der Waals surface area contributed by atoms with E-state index in [1.165, 1.54) is 12.1 Å². The maximum absolute atomic E-state index is 11.0. The Balaban J connectivity index is 1.61. The molecule has 0 radical (unpaired) electrons. The number of nitrogen functional groups attached to an aromatic ring is 1. The number of pyridine rings is 1. The summed E-state index contributed by atoms with van der Waals surface area (Å²) in [5, 5.41) is 25.4. The number of rotatable bonds is 3. The second kappa shape index (κ2) is 6.94. The number of hydrogen-bond donors (Lipinski definition) is 1. The van der Waals surface area contributed by atoms with Crippen LogP contribution >= 0.6 is 0 Å². The second-order valence-corrected chi connectivity index (χ2v) is 7.02. The lowest BCUT2D eigenvalue weighted by Gasteiger charge is -2.36. The lowest BCUT2D eigenvalue weighted by Crippen LogP contribution is -2.47. The minimum Gasteiger partial charge on any atom is -0.394 e. The van der Waals surface area contributed by atoms with E-state index in [1.54, 1.807) is 16.8 Å². The number of nitrogens with two attached hydrogens (primary N) is 1. The Bertz CT molecular complexity index is 1160. The Kier molecular flexibility index (Phi) is 4.43. The lowest BCUT2D eigenvalue weighted by atomic mass is 10.1. The third kappa shape index (κ3) is 3.16. The fourth-order valence-corrected chi connectivity index (χ4v) is 3.75. The van der Waals surface area contributed by atoms with E-state index in [4.69, 9.17) is 5.73 Å². The third-order valence-corrected chi connectivity index (χ3v) is 5.25. The highest BCUT2D eigenvalue weighted by atomic mass is 16.6. The minimum atomic E-state index is -0.473. The molecule has 3 heterocycles. The van der Waals surface area contributed by atoms with Crippen molar-refractivity contribution in [1.29, 1.82) is 5.26 Å². The van der Waals surface area contributed by atoms with Crippen molar-refractivity contribution in [2.75, 3.05) is 41.7 Å². The molecule has 0 atom stereocenters. The van der Waals surface area contributed by atoms with Gasteiger partial charge in [-0.3, -0.25) is 14.8 Å². The van der Waals surface area contributed by atoms with Crippen LogP contribution in [-0.2, 0) is 7.05 Å². The van der Waals surface area contributed by atoms with E-state index in [0.29, 0.717) is 41.1 Å². The molecule has 148 valence electrons. The van der Waals surface area contributed by atoms with E-state index in [2.05, 4.69) is 26.0 Å². The molecule has 1 aliphatic rings. The third-order valence-electron chi connectivity index (χ3n) is 5.25. The van der Waals surface area contributed by atoms with Crippen LogP contribution in [0.4, 0.5) is 23.0 Å². The lowest BCUT2D eigenvalue weighted by molar-refractivity contribution is -0.384. The molecule has 1 aromatic carbocycles. The van der Waals surface area contributed by atoms with Crippen molar-refractivity contribution in [3.8, 4) is 6.07 Å². The molecular formula is C19H20N8O2. The average Bonchev–Trinajstić information content (AvgIpc) is 2.98. The largest absolute Gasteiger partial charge is 0.394 e. The van der Waals surface area contributed by atoms with Gasteiger partial charge in [-0.2, -0.15) is 10.4 Å². The number of anilines is 3. The van der Waals surface area contributed by atoms with Crippen molar-refractivity contribution in [2.24, 2.45) is 7.05 Å². The van der Waals surface area contributed by atoms with Crippen LogP contribution in [0.5, 0.6) is 0 Å². The van der Waals surface area contributed by atoms with Gasteiger partial charge in [-0.15, -0.1) is 0 Å². The van der Waals surface area contributed by atoms with Crippen molar-refractivity contribution in [3.63, 3.8) is 0 Å². The van der Waals surface area contributed by atoms with Gasteiger partial charge in [-0.05, 0) is 19.1 Å². The Morgan fingerprint density at radius 2 is 1.90 bits per heavy atom. The number of benzene rings is 1. The van der Waals surface area contributed by atoms with Crippen LogP contribution in [0.1, 0.15) is 11.3 Å². The molecule has 0 spiro atoms. The number of hydrogen-bond acceptors (Lipinski definition) is 8. The second-order valence-electron chi connectivity index (χ2n) is 7.02. The first-order chi connectivity index (χ1) is 13.9.